The van der Waals surface area contributed by atoms with Gasteiger partial charge >= 0.3 is 5.97 Å². The lowest BCUT2D eigenvalue weighted by molar-refractivity contribution is 0.0696. The lowest BCUT2D eigenvalue weighted by atomic mass is 9.89. The fraction of sp³-hybridized carbons (Fsp3) is 0.375. The molecule has 5 nitrogen and oxygen atoms in total. The Morgan fingerprint density at radius 1 is 1.48 bits per heavy atom. The molecule has 0 aliphatic carbocycles. The molecule has 2 N–H and O–H groups in total. The van der Waals surface area contributed by atoms with Crippen molar-refractivity contribution in [3.63, 3.8) is 0 Å². The molecule has 2 aromatic rings. The highest BCUT2D eigenvalue weighted by molar-refractivity contribution is 5.87. The average molecular weight is 285 g/mol. The molecule has 1 aromatic carbocycles. The summed E-state index contributed by atoms with van der Waals surface area (Å²) in [7, 11) is 0. The molecular formula is C16H19N3O2. The summed E-state index contributed by atoms with van der Waals surface area (Å²) in [5, 5.41) is 9.11. The van der Waals surface area contributed by atoms with Crippen LogP contribution in [-0.2, 0) is 6.54 Å². The Balaban J connectivity index is 1.70. The zero-order valence-corrected chi connectivity index (χ0v) is 11.8. The maximum absolute atomic E-state index is 11.1. The van der Waals surface area contributed by atoms with Gasteiger partial charge in [0.05, 0.1) is 11.9 Å². The van der Waals surface area contributed by atoms with Crippen LogP contribution in [0.25, 0.3) is 0 Å². The van der Waals surface area contributed by atoms with E-state index in [-0.39, 0.29) is 0 Å². The maximum Gasteiger partial charge on any atom is 0.335 e. The van der Waals surface area contributed by atoms with Gasteiger partial charge in [0.25, 0.3) is 0 Å². The molecule has 1 saturated heterocycles. The van der Waals surface area contributed by atoms with E-state index in [9.17, 15) is 4.79 Å². The summed E-state index contributed by atoms with van der Waals surface area (Å²) in [6.45, 7) is 2.91. The fourth-order valence-electron chi connectivity index (χ4n) is 3.01. The number of imidazole rings is 1. The number of hydrogen-bond donors (Lipinski definition) is 2. The number of carboxylic acid groups (broad SMARTS) is 1. The van der Waals surface area contributed by atoms with Crippen molar-refractivity contribution < 1.29 is 9.90 Å². The van der Waals surface area contributed by atoms with Crippen molar-refractivity contribution >= 4 is 5.97 Å². The normalized spacial score (nSPS) is 19.5. The molecule has 3 rings (SSSR count). The number of aromatic nitrogens is 2. The van der Waals surface area contributed by atoms with E-state index in [0.717, 1.165) is 43.7 Å². The Bertz CT molecular complexity index is 610. The monoisotopic (exact) mass is 285 g/mol. The number of rotatable bonds is 4. The van der Waals surface area contributed by atoms with Gasteiger partial charge in [0.15, 0.2) is 0 Å². The first-order valence-electron chi connectivity index (χ1n) is 7.25. The van der Waals surface area contributed by atoms with Crippen molar-refractivity contribution in [1.29, 1.82) is 0 Å². The van der Waals surface area contributed by atoms with Crippen LogP contribution in [0, 0.1) is 0 Å². The van der Waals surface area contributed by atoms with Gasteiger partial charge in [-0.3, -0.25) is 4.90 Å². The van der Waals surface area contributed by atoms with Gasteiger partial charge in [-0.05, 0) is 43.0 Å². The highest BCUT2D eigenvalue weighted by atomic mass is 16.4. The number of H-pyrrole nitrogens is 1. The predicted molar refractivity (Wildman–Crippen MR) is 79.2 cm³/mol. The van der Waals surface area contributed by atoms with E-state index in [1.54, 1.807) is 12.4 Å². The molecule has 110 valence electrons. The minimum atomic E-state index is -0.859. The van der Waals surface area contributed by atoms with Crippen molar-refractivity contribution in [2.75, 3.05) is 13.1 Å². The van der Waals surface area contributed by atoms with Gasteiger partial charge in [0.2, 0.25) is 0 Å². The minimum Gasteiger partial charge on any atom is -0.478 e. The first-order chi connectivity index (χ1) is 10.2. The number of piperidine rings is 1. The Kier molecular flexibility index (Phi) is 4.01. The SMILES string of the molecule is O=C(O)c1cccc(C2CCCN(Cc3cnc[nH]3)C2)c1. The molecule has 2 heterocycles. The summed E-state index contributed by atoms with van der Waals surface area (Å²) in [5.41, 5.74) is 2.62. The third kappa shape index (κ3) is 3.31. The second kappa shape index (κ2) is 6.10. The van der Waals surface area contributed by atoms with Gasteiger partial charge in [-0.15, -0.1) is 0 Å². The Morgan fingerprint density at radius 3 is 3.14 bits per heavy atom. The van der Waals surface area contributed by atoms with Crippen LogP contribution in [0.3, 0.4) is 0 Å². The van der Waals surface area contributed by atoms with Crippen molar-refractivity contribution in [1.82, 2.24) is 14.9 Å². The second-order valence-electron chi connectivity index (χ2n) is 5.58. The van der Waals surface area contributed by atoms with E-state index in [1.165, 1.54) is 0 Å². The van der Waals surface area contributed by atoms with Gasteiger partial charge in [-0.2, -0.15) is 0 Å². The summed E-state index contributed by atoms with van der Waals surface area (Å²) in [5.74, 6) is -0.456. The van der Waals surface area contributed by atoms with Crippen LogP contribution in [0.4, 0.5) is 0 Å². The first-order valence-corrected chi connectivity index (χ1v) is 7.25. The van der Waals surface area contributed by atoms with E-state index in [2.05, 4.69) is 14.9 Å². The van der Waals surface area contributed by atoms with Crippen LogP contribution in [-0.4, -0.2) is 39.0 Å². The molecule has 1 aromatic heterocycles. The number of aromatic amines is 1. The van der Waals surface area contributed by atoms with E-state index < -0.39 is 5.97 Å². The molecule has 0 saturated carbocycles. The summed E-state index contributed by atoms with van der Waals surface area (Å²) in [6, 6.07) is 7.34. The van der Waals surface area contributed by atoms with Crippen LogP contribution in [0.1, 0.15) is 40.4 Å². The molecule has 1 atom stereocenters. The first kappa shape index (κ1) is 13.8. The van der Waals surface area contributed by atoms with Crippen LogP contribution in [0.15, 0.2) is 36.8 Å². The van der Waals surface area contributed by atoms with Gasteiger partial charge < -0.3 is 10.1 Å². The molecule has 1 fully saturated rings. The fourth-order valence-corrected chi connectivity index (χ4v) is 3.01. The second-order valence-corrected chi connectivity index (χ2v) is 5.58. The van der Waals surface area contributed by atoms with E-state index in [4.69, 9.17) is 5.11 Å². The molecule has 0 spiro atoms. The van der Waals surface area contributed by atoms with Crippen LogP contribution in [0.5, 0.6) is 0 Å². The van der Waals surface area contributed by atoms with Gasteiger partial charge in [0.1, 0.15) is 0 Å². The largest absolute Gasteiger partial charge is 0.478 e. The lowest BCUT2D eigenvalue weighted by Crippen LogP contribution is -2.34. The van der Waals surface area contributed by atoms with Crippen LogP contribution >= 0.6 is 0 Å². The molecule has 1 aliphatic rings. The summed E-state index contributed by atoms with van der Waals surface area (Å²) >= 11 is 0. The molecule has 1 unspecified atom stereocenters. The van der Waals surface area contributed by atoms with Gasteiger partial charge in [-0.25, -0.2) is 9.78 Å². The number of carboxylic acids is 1. The highest BCUT2D eigenvalue weighted by Gasteiger charge is 2.22. The molecule has 0 bridgehead atoms. The maximum atomic E-state index is 11.1. The van der Waals surface area contributed by atoms with Crippen LogP contribution in [0.2, 0.25) is 0 Å². The van der Waals surface area contributed by atoms with E-state index >= 15 is 0 Å². The molecule has 0 radical (unpaired) electrons. The predicted octanol–water partition coefficient (Wildman–Crippen LogP) is 2.49. The summed E-state index contributed by atoms with van der Waals surface area (Å²) < 4.78 is 0. The van der Waals surface area contributed by atoms with Crippen molar-refractivity contribution in [2.45, 2.75) is 25.3 Å². The molecule has 21 heavy (non-hydrogen) atoms. The summed E-state index contributed by atoms with van der Waals surface area (Å²) in [6.07, 6.45) is 5.81. The zero-order chi connectivity index (χ0) is 14.7. The van der Waals surface area contributed by atoms with Crippen molar-refractivity contribution in [3.8, 4) is 0 Å². The average Bonchev–Trinajstić information content (AvgIpc) is 3.00. The van der Waals surface area contributed by atoms with Crippen molar-refractivity contribution in [3.05, 3.63) is 53.6 Å². The van der Waals surface area contributed by atoms with Crippen molar-refractivity contribution in [2.24, 2.45) is 0 Å². The van der Waals surface area contributed by atoms with E-state index in [0.29, 0.717) is 11.5 Å². The molecule has 1 aliphatic heterocycles. The Labute approximate surface area is 123 Å². The standard InChI is InChI=1S/C16H19N3O2/c20-16(21)13-4-1-3-12(7-13)14-5-2-6-19(9-14)10-15-8-17-11-18-15/h1,3-4,7-8,11,14H,2,5-6,9-10H2,(H,17,18)(H,20,21). The smallest absolute Gasteiger partial charge is 0.335 e. The van der Waals surface area contributed by atoms with Crippen LogP contribution < -0.4 is 0 Å². The minimum absolute atomic E-state index is 0.373. The number of hydrogen-bond acceptors (Lipinski definition) is 3. The lowest BCUT2D eigenvalue weighted by Gasteiger charge is -2.32. The number of benzene rings is 1. The van der Waals surface area contributed by atoms with Gasteiger partial charge in [-0.1, -0.05) is 12.1 Å². The number of nitrogens with one attached hydrogen (secondary N) is 1. The quantitative estimate of drug-likeness (QED) is 0.905. The zero-order valence-electron chi connectivity index (χ0n) is 11.8. The summed E-state index contributed by atoms with van der Waals surface area (Å²) in [4.78, 5) is 20.7. The Hall–Kier alpha value is -2.14. The highest BCUT2D eigenvalue weighted by Crippen LogP contribution is 2.28. The topological polar surface area (TPSA) is 69.2 Å². The number of likely N-dealkylation sites (tertiary alicyclic amines) is 1. The molecule has 0 amide bonds. The van der Waals surface area contributed by atoms with E-state index in [1.807, 2.05) is 24.4 Å². The number of aromatic carboxylic acids is 1. The molecule has 5 heteroatoms. The third-order valence-electron chi connectivity index (χ3n) is 4.06. The van der Waals surface area contributed by atoms with Gasteiger partial charge in [0, 0.05) is 25.0 Å². The number of carbonyl (C=O) groups is 1. The Morgan fingerprint density at radius 2 is 2.38 bits per heavy atom. The molecular weight excluding hydrogens is 266 g/mol. The number of nitrogens with zero attached hydrogens (tertiary/aromatic N) is 2. The third-order valence-corrected chi connectivity index (χ3v) is 4.06.